The van der Waals surface area contributed by atoms with Crippen molar-refractivity contribution in [2.75, 3.05) is 6.61 Å². The molecule has 0 heterocycles. The molecule has 0 aromatic rings. The van der Waals surface area contributed by atoms with Crippen LogP contribution in [0.4, 0.5) is 0 Å². The average Bonchev–Trinajstić information content (AvgIpc) is 1.89. The molecule has 0 saturated heterocycles. The minimum Gasteiger partial charge on any atom is -0.473 e. The van der Waals surface area contributed by atoms with E-state index in [4.69, 9.17) is 9.47 Å². The van der Waals surface area contributed by atoms with Gasteiger partial charge in [-0.15, -0.1) is 0 Å². The molecular weight excluding hydrogens is 128 g/mol. The van der Waals surface area contributed by atoms with Gasteiger partial charge in [0.15, 0.2) is 6.29 Å². The monoisotopic (exact) mass is 144 g/mol. The molecule has 0 bridgehead atoms. The smallest absolute Gasteiger partial charge is 0.196 e. The van der Waals surface area contributed by atoms with Crippen LogP contribution in [0, 0.1) is 0 Å². The second-order valence-electron chi connectivity index (χ2n) is 1.94. The van der Waals surface area contributed by atoms with Gasteiger partial charge >= 0.3 is 0 Å². The van der Waals surface area contributed by atoms with Crippen molar-refractivity contribution in [3.63, 3.8) is 0 Å². The topological polar surface area (TPSA) is 18.5 Å². The molecule has 0 saturated carbocycles. The summed E-state index contributed by atoms with van der Waals surface area (Å²) in [6.07, 6.45) is 4.52. The van der Waals surface area contributed by atoms with Crippen LogP contribution in [0.15, 0.2) is 12.3 Å². The highest BCUT2D eigenvalue weighted by Gasteiger charge is 1.94. The van der Waals surface area contributed by atoms with Crippen LogP contribution < -0.4 is 0 Å². The molecule has 0 N–H and O–H groups in total. The van der Waals surface area contributed by atoms with E-state index in [0.29, 0.717) is 6.61 Å². The lowest BCUT2D eigenvalue weighted by molar-refractivity contribution is -0.0883. The van der Waals surface area contributed by atoms with Crippen LogP contribution in [0.1, 0.15) is 27.2 Å². The van der Waals surface area contributed by atoms with E-state index in [1.165, 1.54) is 0 Å². The normalized spacial score (nSPS) is 13.9. The molecule has 1 atom stereocenters. The Morgan fingerprint density at radius 3 is 2.60 bits per heavy atom. The van der Waals surface area contributed by atoms with E-state index in [1.54, 1.807) is 6.26 Å². The summed E-state index contributed by atoms with van der Waals surface area (Å²) in [5.41, 5.74) is 0. The van der Waals surface area contributed by atoms with Gasteiger partial charge in [-0.1, -0.05) is 6.92 Å². The Hall–Kier alpha value is -0.500. The lowest BCUT2D eigenvalue weighted by Crippen LogP contribution is -2.08. The molecule has 0 amide bonds. The number of allylic oxidation sites excluding steroid dienone is 1. The van der Waals surface area contributed by atoms with Crippen molar-refractivity contribution in [3.05, 3.63) is 12.3 Å². The standard InChI is InChI=1S/C8H16O2/c1-4-6-7-10-8(3)9-5-2/h6-8H,4-5H2,1-3H3/b7-6+. The quantitative estimate of drug-likeness (QED) is 0.435. The number of hydrogen-bond acceptors (Lipinski definition) is 2. The minimum absolute atomic E-state index is 0.118. The summed E-state index contributed by atoms with van der Waals surface area (Å²) in [6.45, 7) is 6.58. The Bertz CT molecular complexity index is 89.3. The van der Waals surface area contributed by atoms with E-state index in [-0.39, 0.29) is 6.29 Å². The molecule has 0 aromatic heterocycles. The summed E-state index contributed by atoms with van der Waals surface area (Å²) < 4.78 is 10.2. The molecule has 0 radical (unpaired) electrons. The van der Waals surface area contributed by atoms with E-state index in [1.807, 2.05) is 19.9 Å². The van der Waals surface area contributed by atoms with Gasteiger partial charge in [0.05, 0.1) is 6.26 Å². The van der Waals surface area contributed by atoms with Crippen LogP contribution in [0.25, 0.3) is 0 Å². The molecule has 0 fully saturated rings. The van der Waals surface area contributed by atoms with Crippen LogP contribution in [-0.4, -0.2) is 12.9 Å². The van der Waals surface area contributed by atoms with Gasteiger partial charge in [0.25, 0.3) is 0 Å². The van der Waals surface area contributed by atoms with Crippen molar-refractivity contribution in [3.8, 4) is 0 Å². The van der Waals surface area contributed by atoms with E-state index >= 15 is 0 Å². The first-order valence-corrected chi connectivity index (χ1v) is 3.73. The van der Waals surface area contributed by atoms with E-state index in [9.17, 15) is 0 Å². The Kier molecular flexibility index (Phi) is 6.29. The Morgan fingerprint density at radius 2 is 2.10 bits per heavy atom. The summed E-state index contributed by atoms with van der Waals surface area (Å²) in [4.78, 5) is 0. The largest absolute Gasteiger partial charge is 0.473 e. The predicted molar refractivity (Wildman–Crippen MR) is 41.6 cm³/mol. The number of ether oxygens (including phenoxy) is 2. The molecule has 2 nitrogen and oxygen atoms in total. The fraction of sp³-hybridized carbons (Fsp3) is 0.750. The zero-order chi connectivity index (χ0) is 7.82. The van der Waals surface area contributed by atoms with Gasteiger partial charge in [-0.05, 0) is 26.3 Å². The van der Waals surface area contributed by atoms with Crippen molar-refractivity contribution < 1.29 is 9.47 Å². The van der Waals surface area contributed by atoms with Crippen molar-refractivity contribution in [2.24, 2.45) is 0 Å². The van der Waals surface area contributed by atoms with Crippen LogP contribution >= 0.6 is 0 Å². The lowest BCUT2D eigenvalue weighted by Gasteiger charge is -2.09. The Balaban J connectivity index is 3.20. The third kappa shape index (κ3) is 5.63. The first kappa shape index (κ1) is 9.50. The Labute approximate surface area is 62.8 Å². The second-order valence-corrected chi connectivity index (χ2v) is 1.94. The first-order chi connectivity index (χ1) is 4.81. The molecule has 0 aliphatic heterocycles. The zero-order valence-corrected chi connectivity index (χ0v) is 6.96. The highest BCUT2D eigenvalue weighted by molar-refractivity contribution is 4.70. The zero-order valence-electron chi connectivity index (χ0n) is 6.96. The van der Waals surface area contributed by atoms with Crippen molar-refractivity contribution in [2.45, 2.75) is 33.5 Å². The molecule has 60 valence electrons. The van der Waals surface area contributed by atoms with Crippen molar-refractivity contribution in [1.29, 1.82) is 0 Å². The van der Waals surface area contributed by atoms with Gasteiger partial charge < -0.3 is 9.47 Å². The first-order valence-electron chi connectivity index (χ1n) is 3.73. The van der Waals surface area contributed by atoms with Crippen LogP contribution in [-0.2, 0) is 9.47 Å². The van der Waals surface area contributed by atoms with E-state index < -0.39 is 0 Å². The number of hydrogen-bond donors (Lipinski definition) is 0. The fourth-order valence-corrected chi connectivity index (χ4v) is 0.536. The summed E-state index contributed by atoms with van der Waals surface area (Å²) >= 11 is 0. The molecule has 0 aliphatic carbocycles. The molecule has 0 aliphatic rings. The van der Waals surface area contributed by atoms with Crippen LogP contribution in [0.3, 0.4) is 0 Å². The van der Waals surface area contributed by atoms with E-state index in [0.717, 1.165) is 6.42 Å². The summed E-state index contributed by atoms with van der Waals surface area (Å²) in [6, 6.07) is 0. The maximum Gasteiger partial charge on any atom is 0.196 e. The number of rotatable bonds is 5. The van der Waals surface area contributed by atoms with Gasteiger partial charge in [-0.2, -0.15) is 0 Å². The molecule has 10 heavy (non-hydrogen) atoms. The molecule has 2 heteroatoms. The predicted octanol–water partition coefficient (Wildman–Crippen LogP) is 2.31. The van der Waals surface area contributed by atoms with Gasteiger partial charge in [0, 0.05) is 6.61 Å². The van der Waals surface area contributed by atoms with Gasteiger partial charge in [0.1, 0.15) is 0 Å². The van der Waals surface area contributed by atoms with Crippen molar-refractivity contribution >= 4 is 0 Å². The molecule has 0 rings (SSSR count). The van der Waals surface area contributed by atoms with E-state index in [2.05, 4.69) is 6.92 Å². The highest BCUT2D eigenvalue weighted by Crippen LogP contribution is 1.93. The maximum absolute atomic E-state index is 5.12. The summed E-state index contributed by atoms with van der Waals surface area (Å²) in [7, 11) is 0. The van der Waals surface area contributed by atoms with Gasteiger partial charge in [-0.3, -0.25) is 0 Å². The summed E-state index contributed by atoms with van der Waals surface area (Å²) in [5, 5.41) is 0. The molecule has 0 aromatic carbocycles. The van der Waals surface area contributed by atoms with Crippen LogP contribution in [0.2, 0.25) is 0 Å². The van der Waals surface area contributed by atoms with Gasteiger partial charge in [-0.25, -0.2) is 0 Å². The summed E-state index contributed by atoms with van der Waals surface area (Å²) in [5.74, 6) is 0. The fourth-order valence-electron chi connectivity index (χ4n) is 0.536. The highest BCUT2D eigenvalue weighted by atomic mass is 16.7. The second kappa shape index (κ2) is 6.62. The van der Waals surface area contributed by atoms with Gasteiger partial charge in [0.2, 0.25) is 0 Å². The third-order valence-electron chi connectivity index (χ3n) is 1.00. The van der Waals surface area contributed by atoms with Crippen molar-refractivity contribution in [1.82, 2.24) is 0 Å². The SMILES string of the molecule is CC/C=C/OC(C)OCC. The average molecular weight is 144 g/mol. The third-order valence-corrected chi connectivity index (χ3v) is 1.00. The lowest BCUT2D eigenvalue weighted by atomic mass is 10.5. The van der Waals surface area contributed by atoms with Crippen LogP contribution in [0.5, 0.6) is 0 Å². The maximum atomic E-state index is 5.12. The minimum atomic E-state index is -0.118. The molecular formula is C8H16O2. The Morgan fingerprint density at radius 1 is 1.40 bits per heavy atom. The molecule has 0 spiro atoms. The molecule has 1 unspecified atom stereocenters.